The van der Waals surface area contributed by atoms with Crippen molar-refractivity contribution in [1.29, 1.82) is 5.41 Å². The van der Waals surface area contributed by atoms with Crippen LogP contribution in [0.3, 0.4) is 0 Å². The van der Waals surface area contributed by atoms with Crippen LogP contribution in [-0.4, -0.2) is 17.7 Å². The molecule has 3 heteroatoms. The van der Waals surface area contributed by atoms with E-state index >= 15 is 0 Å². The van der Waals surface area contributed by atoms with Crippen molar-refractivity contribution < 1.29 is 0 Å². The molecule has 0 radical (unpaired) electrons. The van der Waals surface area contributed by atoms with E-state index in [4.69, 9.17) is 5.41 Å². The van der Waals surface area contributed by atoms with Crippen molar-refractivity contribution in [1.82, 2.24) is 0 Å². The Morgan fingerprint density at radius 1 is 1.06 bits per heavy atom. The number of allylic oxidation sites excluding steroid dienone is 4. The van der Waals surface area contributed by atoms with Crippen molar-refractivity contribution in [3.8, 4) is 0 Å². The number of nitrogens with zero attached hydrogens (tertiary/aromatic N) is 1. The monoisotopic (exact) mass is 236 g/mol. The largest absolute Gasteiger partial charge is 0.298 e. The van der Waals surface area contributed by atoms with Crippen molar-refractivity contribution in [2.24, 2.45) is 16.2 Å². The fraction of sp³-hybridized carbons (Fsp3) is 0.538. The minimum atomic E-state index is 0.379. The van der Waals surface area contributed by atoms with Crippen LogP contribution in [0.25, 0.3) is 0 Å². The predicted octanol–water partition coefficient (Wildman–Crippen LogP) is 3.90. The average Bonchev–Trinajstić information content (AvgIpc) is 2.20. The van der Waals surface area contributed by atoms with Crippen LogP contribution >= 0.6 is 11.9 Å². The lowest BCUT2D eigenvalue weighted by Crippen LogP contribution is -2.25. The van der Waals surface area contributed by atoms with Gasteiger partial charge in [0.15, 0.2) is 0 Å². The summed E-state index contributed by atoms with van der Waals surface area (Å²) < 4.78 is 4.40. The van der Waals surface area contributed by atoms with Crippen LogP contribution in [0.2, 0.25) is 0 Å². The maximum Gasteiger partial charge on any atom is 0.0999 e. The van der Waals surface area contributed by atoms with Gasteiger partial charge in [0.1, 0.15) is 0 Å². The quantitative estimate of drug-likeness (QED) is 0.585. The molecule has 0 fully saturated rings. The molecule has 1 aliphatic rings. The van der Waals surface area contributed by atoms with Crippen LogP contribution in [0, 0.1) is 17.2 Å². The van der Waals surface area contributed by atoms with Gasteiger partial charge in [0, 0.05) is 6.26 Å². The molecule has 1 N–H and O–H groups in total. The Morgan fingerprint density at radius 3 is 2.00 bits per heavy atom. The summed E-state index contributed by atoms with van der Waals surface area (Å²) in [4.78, 5) is 0. The lowest BCUT2D eigenvalue weighted by Gasteiger charge is -2.22. The van der Waals surface area contributed by atoms with E-state index in [1.54, 1.807) is 0 Å². The van der Waals surface area contributed by atoms with Gasteiger partial charge in [-0.3, -0.25) is 5.41 Å². The van der Waals surface area contributed by atoms with Crippen molar-refractivity contribution in [2.45, 2.75) is 27.7 Å². The first-order chi connectivity index (χ1) is 7.49. The first kappa shape index (κ1) is 13.2. The van der Waals surface area contributed by atoms with Crippen LogP contribution in [0.4, 0.5) is 0 Å². The number of hydrogen-bond acceptors (Lipinski definition) is 3. The maximum absolute atomic E-state index is 8.21. The summed E-state index contributed by atoms with van der Waals surface area (Å²) in [6, 6.07) is 0. The molecule has 0 unspecified atom stereocenters. The molecule has 0 aromatic carbocycles. The van der Waals surface area contributed by atoms with Crippen molar-refractivity contribution >= 4 is 23.4 Å². The normalized spacial score (nSPS) is 19.4. The molecule has 0 atom stereocenters. The van der Waals surface area contributed by atoms with Gasteiger partial charge < -0.3 is 0 Å². The van der Waals surface area contributed by atoms with Gasteiger partial charge in [0.2, 0.25) is 0 Å². The Morgan fingerprint density at radius 2 is 1.56 bits per heavy atom. The van der Waals surface area contributed by atoms with Gasteiger partial charge in [-0.25, -0.2) is 4.40 Å². The second kappa shape index (κ2) is 5.48. The molecule has 0 amide bonds. The minimum Gasteiger partial charge on any atom is -0.298 e. The van der Waals surface area contributed by atoms with E-state index in [2.05, 4.69) is 44.2 Å². The van der Waals surface area contributed by atoms with E-state index in [9.17, 15) is 0 Å². The molecule has 0 saturated carbocycles. The Kier molecular flexibility index (Phi) is 4.54. The van der Waals surface area contributed by atoms with Crippen molar-refractivity contribution in [3.05, 3.63) is 23.3 Å². The predicted molar refractivity (Wildman–Crippen MR) is 74.5 cm³/mol. The molecule has 0 aliphatic heterocycles. The lowest BCUT2D eigenvalue weighted by atomic mass is 9.84. The fourth-order valence-electron chi connectivity index (χ4n) is 1.76. The van der Waals surface area contributed by atoms with Gasteiger partial charge in [-0.2, -0.15) is 0 Å². The van der Waals surface area contributed by atoms with Gasteiger partial charge in [0.05, 0.1) is 11.4 Å². The summed E-state index contributed by atoms with van der Waals surface area (Å²) in [6.07, 6.45) is 6.13. The van der Waals surface area contributed by atoms with Crippen molar-refractivity contribution in [3.63, 3.8) is 0 Å². The van der Waals surface area contributed by atoms with E-state index < -0.39 is 0 Å². The Balaban J connectivity index is 3.19. The summed E-state index contributed by atoms with van der Waals surface area (Å²) in [5.74, 6) is 0.792. The third-order valence-electron chi connectivity index (χ3n) is 2.67. The zero-order valence-electron chi connectivity index (χ0n) is 10.7. The molecular weight excluding hydrogens is 216 g/mol. The molecule has 0 bridgehead atoms. The van der Waals surface area contributed by atoms with Gasteiger partial charge in [-0.05, 0) is 34.9 Å². The number of rotatable bonds is 3. The standard InChI is InChI=1S/C13H20N2S/c1-8(2)10-6-7-11(9(3)4)13(12(10)14)15-16-5/h6-9,14H,1-5H3/b14-12?,15-13-. The topological polar surface area (TPSA) is 36.2 Å². The first-order valence-corrected chi connectivity index (χ1v) is 6.79. The van der Waals surface area contributed by atoms with E-state index in [0.717, 1.165) is 11.3 Å². The fourth-order valence-corrected chi connectivity index (χ4v) is 2.14. The highest BCUT2D eigenvalue weighted by atomic mass is 32.2. The highest BCUT2D eigenvalue weighted by molar-refractivity contribution is 7.97. The van der Waals surface area contributed by atoms with Crippen LogP contribution in [0.15, 0.2) is 27.7 Å². The molecule has 0 saturated heterocycles. The van der Waals surface area contributed by atoms with E-state index in [0.29, 0.717) is 17.5 Å². The molecule has 88 valence electrons. The Bertz CT molecular complexity index is 373. The first-order valence-electron chi connectivity index (χ1n) is 5.61. The van der Waals surface area contributed by atoms with E-state index in [-0.39, 0.29) is 0 Å². The van der Waals surface area contributed by atoms with Crippen LogP contribution < -0.4 is 0 Å². The third kappa shape index (κ3) is 2.64. The maximum atomic E-state index is 8.21. The van der Waals surface area contributed by atoms with Gasteiger partial charge in [-0.15, -0.1) is 0 Å². The number of nitrogens with one attached hydrogen (secondary N) is 1. The van der Waals surface area contributed by atoms with Gasteiger partial charge in [-0.1, -0.05) is 39.8 Å². The molecule has 0 heterocycles. The van der Waals surface area contributed by atoms with E-state index in [1.807, 2.05) is 6.26 Å². The number of hydrogen-bond donors (Lipinski definition) is 1. The molecule has 1 rings (SSSR count). The molecule has 16 heavy (non-hydrogen) atoms. The highest BCUT2D eigenvalue weighted by Crippen LogP contribution is 2.25. The molecule has 1 aliphatic carbocycles. The third-order valence-corrected chi connectivity index (χ3v) is 3.03. The van der Waals surface area contributed by atoms with Crippen molar-refractivity contribution in [2.75, 3.05) is 6.26 Å². The summed E-state index contributed by atoms with van der Waals surface area (Å²) >= 11 is 1.43. The Labute approximate surface area is 103 Å². The summed E-state index contributed by atoms with van der Waals surface area (Å²) in [5.41, 5.74) is 3.70. The summed E-state index contributed by atoms with van der Waals surface area (Å²) in [6.45, 7) is 8.52. The van der Waals surface area contributed by atoms with Gasteiger partial charge >= 0.3 is 0 Å². The van der Waals surface area contributed by atoms with Gasteiger partial charge in [0.25, 0.3) is 0 Å². The summed E-state index contributed by atoms with van der Waals surface area (Å²) in [7, 11) is 0. The average molecular weight is 236 g/mol. The van der Waals surface area contributed by atoms with Crippen LogP contribution in [-0.2, 0) is 0 Å². The lowest BCUT2D eigenvalue weighted by molar-refractivity contribution is 0.788. The van der Waals surface area contributed by atoms with E-state index in [1.165, 1.54) is 17.5 Å². The van der Waals surface area contributed by atoms with Crippen LogP contribution in [0.1, 0.15) is 27.7 Å². The molecule has 0 aromatic heterocycles. The smallest absolute Gasteiger partial charge is 0.0999 e. The second-order valence-corrected chi connectivity index (χ2v) is 5.10. The molecular formula is C13H20N2S. The molecule has 0 aromatic rings. The second-order valence-electron chi connectivity index (χ2n) is 4.55. The minimum absolute atomic E-state index is 0.379. The SMILES string of the molecule is CS/N=C1\C(=N)C(C(C)C)=CC=C1C(C)C. The zero-order chi connectivity index (χ0) is 12.3. The van der Waals surface area contributed by atoms with Crippen LogP contribution in [0.5, 0.6) is 0 Å². The Hall–Kier alpha value is -0.830. The zero-order valence-corrected chi connectivity index (χ0v) is 11.5. The molecule has 0 spiro atoms. The summed E-state index contributed by atoms with van der Waals surface area (Å²) in [5, 5.41) is 8.21. The molecule has 2 nitrogen and oxygen atoms in total. The highest BCUT2D eigenvalue weighted by Gasteiger charge is 2.23.